The zero-order valence-electron chi connectivity index (χ0n) is 9.92. The minimum atomic E-state index is -1.00. The van der Waals surface area contributed by atoms with Crippen LogP contribution in [0.2, 0.25) is 0 Å². The fourth-order valence-electron chi connectivity index (χ4n) is 0.260. The molecule has 102 valence electrons. The van der Waals surface area contributed by atoms with Gasteiger partial charge in [-0.1, -0.05) is 0 Å². The lowest BCUT2D eigenvalue weighted by molar-refractivity contribution is -0.138. The van der Waals surface area contributed by atoms with Gasteiger partial charge < -0.3 is 26.1 Å². The SMILES string of the molecule is CNC.NC(CS)C(=O)O.O=CCCC(=O)O. The van der Waals surface area contributed by atoms with Crippen LogP contribution in [0.15, 0.2) is 0 Å². The third-order valence-corrected chi connectivity index (χ3v) is 1.38. The Morgan fingerprint density at radius 1 is 1.41 bits per heavy atom. The molecule has 0 aromatic carbocycles. The Morgan fingerprint density at radius 3 is 1.88 bits per heavy atom. The normalized spacial score (nSPS) is 9.88. The highest BCUT2D eigenvalue weighted by molar-refractivity contribution is 7.80. The van der Waals surface area contributed by atoms with Crippen molar-refractivity contribution in [1.29, 1.82) is 0 Å². The molecule has 0 amide bonds. The third kappa shape index (κ3) is 31.3. The summed E-state index contributed by atoms with van der Waals surface area (Å²) in [6.45, 7) is 0. The summed E-state index contributed by atoms with van der Waals surface area (Å²) in [4.78, 5) is 28.8. The maximum Gasteiger partial charge on any atom is 0.321 e. The molecule has 0 spiro atoms. The van der Waals surface area contributed by atoms with E-state index in [1.807, 2.05) is 14.1 Å². The second kappa shape index (κ2) is 17.3. The number of carboxylic acids is 2. The van der Waals surface area contributed by atoms with E-state index in [1.54, 1.807) is 0 Å². The van der Waals surface area contributed by atoms with Gasteiger partial charge in [-0.2, -0.15) is 12.6 Å². The minimum absolute atomic E-state index is 0.0521. The molecule has 8 heteroatoms. The van der Waals surface area contributed by atoms with Crippen LogP contribution >= 0.6 is 12.6 Å². The highest BCUT2D eigenvalue weighted by Gasteiger charge is 2.06. The molecule has 0 radical (unpaired) electrons. The number of carbonyl (C=O) groups is 3. The largest absolute Gasteiger partial charge is 0.481 e. The van der Waals surface area contributed by atoms with Crippen molar-refractivity contribution in [3.8, 4) is 0 Å². The maximum atomic E-state index is 9.76. The third-order valence-electron chi connectivity index (χ3n) is 0.990. The van der Waals surface area contributed by atoms with Gasteiger partial charge in [-0.25, -0.2) is 0 Å². The van der Waals surface area contributed by atoms with Gasteiger partial charge in [0.25, 0.3) is 0 Å². The molecular formula is C9H20N2O5S. The number of aldehydes is 1. The van der Waals surface area contributed by atoms with Gasteiger partial charge in [0.1, 0.15) is 12.3 Å². The van der Waals surface area contributed by atoms with E-state index in [2.05, 4.69) is 17.9 Å². The van der Waals surface area contributed by atoms with Gasteiger partial charge in [-0.3, -0.25) is 9.59 Å². The van der Waals surface area contributed by atoms with Crippen molar-refractivity contribution < 1.29 is 24.6 Å². The average molecular weight is 268 g/mol. The number of hydrogen-bond acceptors (Lipinski definition) is 6. The molecular weight excluding hydrogens is 248 g/mol. The summed E-state index contributed by atoms with van der Waals surface area (Å²) < 4.78 is 0. The molecule has 0 aromatic rings. The number of nitrogens with two attached hydrogens (primary N) is 1. The van der Waals surface area contributed by atoms with E-state index in [1.165, 1.54) is 0 Å². The molecule has 0 bridgehead atoms. The van der Waals surface area contributed by atoms with Crippen molar-refractivity contribution in [3.05, 3.63) is 0 Å². The summed E-state index contributed by atoms with van der Waals surface area (Å²) in [5.41, 5.74) is 4.94. The van der Waals surface area contributed by atoms with Crippen molar-refractivity contribution in [3.63, 3.8) is 0 Å². The van der Waals surface area contributed by atoms with Crippen molar-refractivity contribution in [2.45, 2.75) is 18.9 Å². The molecule has 0 aliphatic carbocycles. The Balaban J connectivity index is -0.000000188. The van der Waals surface area contributed by atoms with Crippen LogP contribution in [-0.4, -0.2) is 54.3 Å². The first-order chi connectivity index (χ1) is 7.87. The van der Waals surface area contributed by atoms with Crippen LogP contribution in [0.5, 0.6) is 0 Å². The first-order valence-electron chi connectivity index (χ1n) is 4.70. The maximum absolute atomic E-state index is 9.76. The Hall–Kier alpha value is -1.12. The smallest absolute Gasteiger partial charge is 0.321 e. The lowest BCUT2D eigenvalue weighted by Gasteiger charge is -1.96. The summed E-state index contributed by atoms with van der Waals surface area (Å²) in [5, 5.41) is 18.6. The number of aliphatic carboxylic acids is 2. The molecule has 0 aliphatic heterocycles. The number of thiol groups is 1. The van der Waals surface area contributed by atoms with E-state index in [0.29, 0.717) is 6.29 Å². The number of carboxylic acid groups (broad SMARTS) is 2. The first-order valence-corrected chi connectivity index (χ1v) is 5.33. The Labute approximate surface area is 106 Å². The molecule has 0 saturated heterocycles. The summed E-state index contributed by atoms with van der Waals surface area (Å²) in [6.07, 6.45) is 0.660. The van der Waals surface area contributed by atoms with Crippen molar-refractivity contribution in [2.75, 3.05) is 19.8 Å². The topological polar surface area (TPSA) is 130 Å². The van der Waals surface area contributed by atoms with Crippen molar-refractivity contribution in [1.82, 2.24) is 5.32 Å². The molecule has 5 N–H and O–H groups in total. The van der Waals surface area contributed by atoms with Crippen LogP contribution in [0.3, 0.4) is 0 Å². The first kappa shape index (κ1) is 21.2. The molecule has 0 fully saturated rings. The Morgan fingerprint density at radius 2 is 1.82 bits per heavy atom. The summed E-state index contributed by atoms with van der Waals surface area (Å²) >= 11 is 3.65. The highest BCUT2D eigenvalue weighted by atomic mass is 32.1. The molecule has 0 aromatic heterocycles. The van der Waals surface area contributed by atoms with E-state index < -0.39 is 18.0 Å². The van der Waals surface area contributed by atoms with Crippen LogP contribution in [0.1, 0.15) is 12.8 Å². The van der Waals surface area contributed by atoms with E-state index in [4.69, 9.17) is 15.9 Å². The number of carbonyl (C=O) groups excluding carboxylic acids is 1. The summed E-state index contributed by atoms with van der Waals surface area (Å²) in [6, 6.07) is -0.816. The van der Waals surface area contributed by atoms with Gasteiger partial charge in [0.15, 0.2) is 0 Å². The van der Waals surface area contributed by atoms with Gasteiger partial charge in [-0.05, 0) is 14.1 Å². The summed E-state index contributed by atoms with van der Waals surface area (Å²) in [7, 11) is 3.75. The standard InChI is InChI=1S/C4H6O3.C3H7NO2S.C2H7N/c5-3-1-2-4(6)7;4-2(1-7)3(5)6;1-3-2/h3H,1-2H2,(H,6,7);2,7H,1,4H2,(H,5,6);3H,1-2H3. The van der Waals surface area contributed by atoms with Gasteiger partial charge in [0, 0.05) is 12.2 Å². The zero-order chi connectivity index (χ0) is 14.3. The van der Waals surface area contributed by atoms with Crippen LogP contribution in [-0.2, 0) is 14.4 Å². The predicted molar refractivity (Wildman–Crippen MR) is 67.4 cm³/mol. The van der Waals surface area contributed by atoms with Crippen LogP contribution < -0.4 is 11.1 Å². The number of nitrogens with one attached hydrogen (secondary N) is 1. The number of rotatable bonds is 5. The van der Waals surface area contributed by atoms with Crippen LogP contribution in [0.4, 0.5) is 0 Å². The molecule has 0 rings (SSSR count). The van der Waals surface area contributed by atoms with Gasteiger partial charge in [-0.15, -0.1) is 0 Å². The highest BCUT2D eigenvalue weighted by Crippen LogP contribution is 1.80. The second-order valence-corrected chi connectivity index (χ2v) is 3.09. The van der Waals surface area contributed by atoms with E-state index in [0.717, 1.165) is 0 Å². The molecule has 1 atom stereocenters. The number of hydrogen-bond donors (Lipinski definition) is 5. The Kier molecular flexibility index (Phi) is 21.5. The van der Waals surface area contributed by atoms with E-state index >= 15 is 0 Å². The van der Waals surface area contributed by atoms with E-state index in [-0.39, 0.29) is 18.6 Å². The zero-order valence-corrected chi connectivity index (χ0v) is 10.8. The molecule has 0 heterocycles. The van der Waals surface area contributed by atoms with Crippen LogP contribution in [0.25, 0.3) is 0 Å². The Bertz CT molecular complexity index is 214. The molecule has 7 nitrogen and oxygen atoms in total. The van der Waals surface area contributed by atoms with Crippen molar-refractivity contribution in [2.24, 2.45) is 5.73 Å². The predicted octanol–water partition coefficient (Wildman–Crippen LogP) is -0.786. The van der Waals surface area contributed by atoms with Crippen molar-refractivity contribution >= 4 is 30.9 Å². The average Bonchev–Trinajstić information content (AvgIpc) is 2.27. The minimum Gasteiger partial charge on any atom is -0.481 e. The fourth-order valence-corrected chi connectivity index (χ4v) is 0.417. The van der Waals surface area contributed by atoms with Crippen LogP contribution in [0, 0.1) is 0 Å². The lowest BCUT2D eigenvalue weighted by atomic mass is 10.3. The quantitative estimate of drug-likeness (QED) is 0.326. The molecule has 17 heavy (non-hydrogen) atoms. The van der Waals surface area contributed by atoms with Gasteiger partial charge >= 0.3 is 11.9 Å². The van der Waals surface area contributed by atoms with E-state index in [9.17, 15) is 14.4 Å². The summed E-state index contributed by atoms with van der Waals surface area (Å²) in [5.74, 6) is -1.74. The monoisotopic (exact) mass is 268 g/mol. The van der Waals surface area contributed by atoms with Gasteiger partial charge in [0.2, 0.25) is 0 Å². The molecule has 0 saturated carbocycles. The molecule has 1 unspecified atom stereocenters. The fraction of sp³-hybridized carbons (Fsp3) is 0.667. The molecule has 0 aliphatic rings. The second-order valence-electron chi connectivity index (χ2n) is 2.73. The van der Waals surface area contributed by atoms with Gasteiger partial charge in [0.05, 0.1) is 6.42 Å². The lowest BCUT2D eigenvalue weighted by Crippen LogP contribution is -2.31.